The third-order valence-corrected chi connectivity index (χ3v) is 6.23. The molecule has 1 aromatic heterocycles. The number of hydrogen-bond acceptors (Lipinski definition) is 6. The van der Waals surface area contributed by atoms with Crippen molar-refractivity contribution >= 4 is 27.0 Å². The fourth-order valence-electron chi connectivity index (χ4n) is 3.11. The average Bonchev–Trinajstić information content (AvgIpc) is 2.95. The molecule has 0 atom stereocenters. The standard InChI is InChI=1S/C17H24N4O5S/c1-2-27(24,25)21-15-6-4-3-5-14(15)20(17(21)23)13-16(22)18-7-8-19-9-11-26-12-10-19/h3-6H,2,7-13H2,1H3,(H,18,22). The lowest BCUT2D eigenvalue weighted by atomic mass is 10.3. The number of benzene rings is 1. The second-order valence-corrected chi connectivity index (χ2v) is 8.43. The van der Waals surface area contributed by atoms with E-state index in [1.807, 2.05) is 0 Å². The fraction of sp³-hybridized carbons (Fsp3) is 0.529. The number of imidazole rings is 1. The van der Waals surface area contributed by atoms with Crippen molar-refractivity contribution < 1.29 is 17.9 Å². The van der Waals surface area contributed by atoms with Gasteiger partial charge in [0.15, 0.2) is 0 Å². The largest absolute Gasteiger partial charge is 0.379 e. The number of hydrogen-bond donors (Lipinski definition) is 1. The summed E-state index contributed by atoms with van der Waals surface area (Å²) in [5.74, 6) is -0.533. The van der Waals surface area contributed by atoms with E-state index in [1.54, 1.807) is 24.3 Å². The van der Waals surface area contributed by atoms with Crippen LogP contribution < -0.4 is 11.0 Å². The van der Waals surface area contributed by atoms with Gasteiger partial charge in [0.1, 0.15) is 6.54 Å². The molecule has 0 saturated carbocycles. The molecule has 148 valence electrons. The number of nitrogens with one attached hydrogen (secondary N) is 1. The number of carbonyl (C=O) groups is 1. The Bertz CT molecular complexity index is 973. The Morgan fingerprint density at radius 3 is 2.52 bits per heavy atom. The molecule has 0 aliphatic carbocycles. The van der Waals surface area contributed by atoms with E-state index in [0.29, 0.717) is 31.8 Å². The van der Waals surface area contributed by atoms with E-state index in [9.17, 15) is 18.0 Å². The third kappa shape index (κ3) is 4.23. The summed E-state index contributed by atoms with van der Waals surface area (Å²) < 4.78 is 31.9. The lowest BCUT2D eigenvalue weighted by molar-refractivity contribution is -0.121. The van der Waals surface area contributed by atoms with Gasteiger partial charge in [0.25, 0.3) is 0 Å². The fourth-order valence-corrected chi connectivity index (χ4v) is 4.16. The number of morpholine rings is 1. The SMILES string of the molecule is CCS(=O)(=O)n1c(=O)n(CC(=O)NCCN2CCOCC2)c2ccccc21. The number of carbonyl (C=O) groups excluding carboxylic acids is 1. The Labute approximate surface area is 157 Å². The number of aromatic nitrogens is 2. The molecule has 1 saturated heterocycles. The maximum absolute atomic E-state index is 12.7. The van der Waals surface area contributed by atoms with Gasteiger partial charge in [-0.1, -0.05) is 12.1 Å². The Balaban J connectivity index is 1.75. The molecule has 1 aliphatic heterocycles. The number of para-hydroxylation sites is 2. The summed E-state index contributed by atoms with van der Waals surface area (Å²) in [7, 11) is -3.77. The second-order valence-electron chi connectivity index (χ2n) is 6.33. The molecule has 10 heteroatoms. The van der Waals surface area contributed by atoms with Gasteiger partial charge < -0.3 is 10.1 Å². The molecule has 1 aromatic carbocycles. The maximum atomic E-state index is 12.7. The summed E-state index contributed by atoms with van der Waals surface area (Å²) in [6, 6.07) is 6.57. The van der Waals surface area contributed by atoms with Crippen LogP contribution in [0.2, 0.25) is 0 Å². The van der Waals surface area contributed by atoms with Gasteiger partial charge in [-0.05, 0) is 19.1 Å². The molecule has 0 radical (unpaired) electrons. The van der Waals surface area contributed by atoms with Crippen LogP contribution in [0.25, 0.3) is 11.0 Å². The summed E-state index contributed by atoms with van der Waals surface area (Å²) >= 11 is 0. The van der Waals surface area contributed by atoms with E-state index in [4.69, 9.17) is 4.74 Å². The van der Waals surface area contributed by atoms with Gasteiger partial charge in [-0.2, -0.15) is 3.97 Å². The van der Waals surface area contributed by atoms with Crippen LogP contribution >= 0.6 is 0 Å². The van der Waals surface area contributed by atoms with Gasteiger partial charge in [-0.3, -0.25) is 14.3 Å². The summed E-state index contributed by atoms with van der Waals surface area (Å²) in [5.41, 5.74) is -0.0188. The van der Waals surface area contributed by atoms with Crippen molar-refractivity contribution in [2.24, 2.45) is 0 Å². The molecule has 27 heavy (non-hydrogen) atoms. The molecule has 2 aromatic rings. The lowest BCUT2D eigenvalue weighted by Crippen LogP contribution is -2.42. The second kappa shape index (κ2) is 8.24. The molecule has 0 spiro atoms. The first kappa shape index (κ1) is 19.6. The molecular weight excluding hydrogens is 372 g/mol. The van der Waals surface area contributed by atoms with Crippen LogP contribution in [0.15, 0.2) is 29.1 Å². The summed E-state index contributed by atoms with van der Waals surface area (Å²) in [6.07, 6.45) is 0. The van der Waals surface area contributed by atoms with Crippen LogP contribution in [-0.2, 0) is 26.1 Å². The van der Waals surface area contributed by atoms with Crippen molar-refractivity contribution in [3.8, 4) is 0 Å². The van der Waals surface area contributed by atoms with Crippen molar-refractivity contribution in [2.75, 3.05) is 45.1 Å². The van der Waals surface area contributed by atoms with E-state index in [-0.39, 0.29) is 23.7 Å². The zero-order valence-electron chi connectivity index (χ0n) is 15.3. The van der Waals surface area contributed by atoms with Gasteiger partial charge in [-0.25, -0.2) is 13.2 Å². The van der Waals surface area contributed by atoms with Gasteiger partial charge in [-0.15, -0.1) is 0 Å². The number of ether oxygens (including phenoxy) is 1. The van der Waals surface area contributed by atoms with Crippen molar-refractivity contribution in [2.45, 2.75) is 13.5 Å². The van der Waals surface area contributed by atoms with Gasteiger partial charge in [0.2, 0.25) is 15.9 Å². The average molecular weight is 396 g/mol. The van der Waals surface area contributed by atoms with Crippen LogP contribution in [0, 0.1) is 0 Å². The molecular formula is C17H24N4O5S. The number of rotatable bonds is 7. The number of nitrogens with zero attached hydrogens (tertiary/aromatic N) is 3. The van der Waals surface area contributed by atoms with Gasteiger partial charge in [0.05, 0.1) is 30.0 Å². The van der Waals surface area contributed by atoms with Crippen molar-refractivity contribution in [1.82, 2.24) is 18.8 Å². The van der Waals surface area contributed by atoms with E-state index in [1.165, 1.54) is 11.5 Å². The smallest absolute Gasteiger partial charge is 0.343 e. The molecule has 1 N–H and O–H groups in total. The highest BCUT2D eigenvalue weighted by Gasteiger charge is 2.22. The van der Waals surface area contributed by atoms with Crippen molar-refractivity contribution in [1.29, 1.82) is 0 Å². The minimum atomic E-state index is -3.77. The first-order valence-electron chi connectivity index (χ1n) is 8.94. The summed E-state index contributed by atoms with van der Waals surface area (Å²) in [5, 5.41) is 2.79. The Morgan fingerprint density at radius 1 is 1.19 bits per heavy atom. The van der Waals surface area contributed by atoms with E-state index >= 15 is 0 Å². The molecule has 1 aliphatic rings. The zero-order valence-corrected chi connectivity index (χ0v) is 16.1. The summed E-state index contributed by atoms with van der Waals surface area (Å²) in [6.45, 7) is 5.45. The Morgan fingerprint density at radius 2 is 1.85 bits per heavy atom. The molecule has 1 amide bonds. The van der Waals surface area contributed by atoms with Crippen LogP contribution in [0.5, 0.6) is 0 Å². The first-order chi connectivity index (χ1) is 12.9. The van der Waals surface area contributed by atoms with Crippen LogP contribution in [0.1, 0.15) is 6.92 Å². The minimum Gasteiger partial charge on any atom is -0.379 e. The molecule has 9 nitrogen and oxygen atoms in total. The van der Waals surface area contributed by atoms with E-state index < -0.39 is 15.7 Å². The van der Waals surface area contributed by atoms with E-state index in [0.717, 1.165) is 17.1 Å². The molecule has 3 rings (SSSR count). The predicted octanol–water partition coefficient (Wildman–Crippen LogP) is -0.551. The number of fused-ring (bicyclic) bond motifs is 1. The first-order valence-corrected chi connectivity index (χ1v) is 10.6. The zero-order chi connectivity index (χ0) is 19.4. The Kier molecular flexibility index (Phi) is 5.98. The third-order valence-electron chi connectivity index (χ3n) is 4.59. The normalized spacial score (nSPS) is 15.9. The van der Waals surface area contributed by atoms with Crippen LogP contribution in [-0.4, -0.2) is 72.9 Å². The van der Waals surface area contributed by atoms with Crippen LogP contribution in [0.3, 0.4) is 0 Å². The number of amides is 1. The predicted molar refractivity (Wildman–Crippen MR) is 101 cm³/mol. The van der Waals surface area contributed by atoms with Crippen molar-refractivity contribution in [3.63, 3.8) is 0 Å². The molecule has 0 unspecified atom stereocenters. The quantitative estimate of drug-likeness (QED) is 0.674. The highest BCUT2D eigenvalue weighted by atomic mass is 32.2. The minimum absolute atomic E-state index is 0.202. The molecule has 0 bridgehead atoms. The molecule has 2 heterocycles. The topological polar surface area (TPSA) is 103 Å². The monoisotopic (exact) mass is 396 g/mol. The highest BCUT2D eigenvalue weighted by molar-refractivity contribution is 7.90. The van der Waals surface area contributed by atoms with Gasteiger partial charge >= 0.3 is 5.69 Å². The molecule has 1 fully saturated rings. The van der Waals surface area contributed by atoms with Gasteiger partial charge in [0, 0.05) is 26.2 Å². The maximum Gasteiger partial charge on any atom is 0.343 e. The van der Waals surface area contributed by atoms with Crippen molar-refractivity contribution in [3.05, 3.63) is 34.7 Å². The summed E-state index contributed by atoms with van der Waals surface area (Å²) in [4.78, 5) is 27.2. The Hall–Kier alpha value is -2.17. The van der Waals surface area contributed by atoms with Crippen LogP contribution in [0.4, 0.5) is 0 Å². The lowest BCUT2D eigenvalue weighted by Gasteiger charge is -2.26. The van der Waals surface area contributed by atoms with E-state index in [2.05, 4.69) is 10.2 Å². The highest BCUT2D eigenvalue weighted by Crippen LogP contribution is 2.14.